The molecule has 0 saturated carbocycles. The van der Waals surface area contributed by atoms with Crippen LogP contribution in [0.3, 0.4) is 0 Å². The van der Waals surface area contributed by atoms with Gasteiger partial charge in [0.25, 0.3) is 5.91 Å². The number of para-hydroxylation sites is 1. The van der Waals surface area contributed by atoms with E-state index in [9.17, 15) is 9.59 Å². The van der Waals surface area contributed by atoms with Gasteiger partial charge in [-0.25, -0.2) is 0 Å². The minimum Gasteiger partial charge on any atom is -0.484 e. The van der Waals surface area contributed by atoms with E-state index in [1.807, 2.05) is 91.9 Å². The van der Waals surface area contributed by atoms with Gasteiger partial charge in [0.15, 0.2) is 6.61 Å². The topological polar surface area (TPSA) is 58.6 Å². The SMILES string of the molecule is CCCNC(=O)C(Cc1ccccc1)N(Cc1ccc(Br)cc1)C(=O)COc1ccccc1. The summed E-state index contributed by atoms with van der Waals surface area (Å²) in [6.07, 6.45) is 1.24. The van der Waals surface area contributed by atoms with Gasteiger partial charge in [-0.2, -0.15) is 0 Å². The summed E-state index contributed by atoms with van der Waals surface area (Å²) in [5.41, 5.74) is 1.93. The molecule has 1 atom stereocenters. The highest BCUT2D eigenvalue weighted by molar-refractivity contribution is 9.10. The molecule has 2 amide bonds. The summed E-state index contributed by atoms with van der Waals surface area (Å²) in [7, 11) is 0. The molecule has 5 nitrogen and oxygen atoms in total. The van der Waals surface area contributed by atoms with E-state index in [1.165, 1.54) is 0 Å². The fraction of sp³-hybridized carbons (Fsp3) is 0.259. The van der Waals surface area contributed by atoms with Crippen molar-refractivity contribution in [1.82, 2.24) is 10.2 Å². The highest BCUT2D eigenvalue weighted by atomic mass is 79.9. The quantitative estimate of drug-likeness (QED) is 0.396. The molecule has 172 valence electrons. The van der Waals surface area contributed by atoms with Crippen LogP contribution in [0.1, 0.15) is 24.5 Å². The van der Waals surface area contributed by atoms with Crippen molar-refractivity contribution in [3.05, 3.63) is 101 Å². The monoisotopic (exact) mass is 508 g/mol. The number of hydrogen-bond acceptors (Lipinski definition) is 3. The lowest BCUT2D eigenvalue weighted by molar-refractivity contribution is -0.142. The summed E-state index contributed by atoms with van der Waals surface area (Å²) in [4.78, 5) is 28.3. The minimum atomic E-state index is -0.658. The second kappa shape index (κ2) is 12.8. The molecule has 1 unspecified atom stereocenters. The van der Waals surface area contributed by atoms with Gasteiger partial charge in [-0.1, -0.05) is 83.5 Å². The predicted molar refractivity (Wildman–Crippen MR) is 134 cm³/mol. The molecule has 0 fully saturated rings. The molecule has 0 spiro atoms. The lowest BCUT2D eigenvalue weighted by Gasteiger charge is -2.31. The number of amides is 2. The first-order chi connectivity index (χ1) is 16.1. The van der Waals surface area contributed by atoms with Crippen LogP contribution < -0.4 is 10.1 Å². The summed E-state index contributed by atoms with van der Waals surface area (Å²) in [6, 6.07) is 26.1. The Hall–Kier alpha value is -3.12. The molecule has 3 aromatic carbocycles. The second-order valence-corrected chi connectivity index (χ2v) is 8.66. The van der Waals surface area contributed by atoms with Crippen LogP contribution in [0.5, 0.6) is 5.75 Å². The minimum absolute atomic E-state index is 0.146. The van der Waals surface area contributed by atoms with Crippen molar-refractivity contribution in [1.29, 1.82) is 0 Å². The summed E-state index contributed by atoms with van der Waals surface area (Å²) in [5, 5.41) is 2.98. The Kier molecular flexibility index (Phi) is 9.51. The molecule has 6 heteroatoms. The molecular formula is C27H29BrN2O3. The highest BCUT2D eigenvalue weighted by Crippen LogP contribution is 2.18. The van der Waals surface area contributed by atoms with E-state index in [0.29, 0.717) is 25.3 Å². The Bertz CT molecular complexity index is 1010. The van der Waals surface area contributed by atoms with Crippen molar-refractivity contribution in [3.63, 3.8) is 0 Å². The van der Waals surface area contributed by atoms with Crippen molar-refractivity contribution in [2.75, 3.05) is 13.2 Å². The van der Waals surface area contributed by atoms with E-state index in [0.717, 1.165) is 22.0 Å². The van der Waals surface area contributed by atoms with Crippen LogP contribution in [0.2, 0.25) is 0 Å². The number of halogens is 1. The van der Waals surface area contributed by atoms with Crippen molar-refractivity contribution in [3.8, 4) is 5.75 Å². The summed E-state index contributed by atoms with van der Waals surface area (Å²) >= 11 is 3.45. The first kappa shape index (κ1) is 24.5. The van der Waals surface area contributed by atoms with Crippen LogP contribution in [0, 0.1) is 0 Å². The number of ether oxygens (including phenoxy) is 1. The number of hydrogen-bond donors (Lipinski definition) is 1. The molecule has 0 aliphatic rings. The fourth-order valence-electron chi connectivity index (χ4n) is 3.45. The molecule has 0 aliphatic carbocycles. The first-order valence-corrected chi connectivity index (χ1v) is 11.9. The maximum absolute atomic E-state index is 13.4. The molecule has 0 heterocycles. The van der Waals surface area contributed by atoms with Crippen LogP contribution in [0.15, 0.2) is 89.4 Å². The van der Waals surface area contributed by atoms with Crippen LogP contribution in [0.25, 0.3) is 0 Å². The number of carbonyl (C=O) groups excluding carboxylic acids is 2. The molecule has 0 radical (unpaired) electrons. The largest absolute Gasteiger partial charge is 0.484 e. The van der Waals surface area contributed by atoms with Gasteiger partial charge in [-0.05, 0) is 41.8 Å². The summed E-state index contributed by atoms with van der Waals surface area (Å²) < 4.78 is 6.69. The molecule has 0 saturated heterocycles. The lowest BCUT2D eigenvalue weighted by Crippen LogP contribution is -2.51. The van der Waals surface area contributed by atoms with Crippen LogP contribution in [-0.4, -0.2) is 35.9 Å². The van der Waals surface area contributed by atoms with Gasteiger partial charge in [0.05, 0.1) is 0 Å². The maximum Gasteiger partial charge on any atom is 0.261 e. The maximum atomic E-state index is 13.4. The number of rotatable bonds is 11. The van der Waals surface area contributed by atoms with E-state index in [1.54, 1.807) is 4.90 Å². The van der Waals surface area contributed by atoms with Crippen LogP contribution in [0.4, 0.5) is 0 Å². The van der Waals surface area contributed by atoms with E-state index in [2.05, 4.69) is 21.2 Å². The van der Waals surface area contributed by atoms with Crippen molar-refractivity contribution >= 4 is 27.7 Å². The highest BCUT2D eigenvalue weighted by Gasteiger charge is 2.30. The van der Waals surface area contributed by atoms with E-state index >= 15 is 0 Å². The van der Waals surface area contributed by atoms with Crippen LogP contribution in [-0.2, 0) is 22.6 Å². The van der Waals surface area contributed by atoms with Gasteiger partial charge in [0, 0.05) is 24.0 Å². The average Bonchev–Trinajstić information content (AvgIpc) is 2.85. The predicted octanol–water partition coefficient (Wildman–Crippen LogP) is 4.99. The van der Waals surface area contributed by atoms with Gasteiger partial charge in [-0.15, -0.1) is 0 Å². The first-order valence-electron chi connectivity index (χ1n) is 11.1. The number of nitrogens with one attached hydrogen (secondary N) is 1. The molecule has 0 aliphatic heterocycles. The van der Waals surface area contributed by atoms with Crippen molar-refractivity contribution < 1.29 is 14.3 Å². The zero-order valence-electron chi connectivity index (χ0n) is 18.7. The smallest absolute Gasteiger partial charge is 0.261 e. The zero-order valence-corrected chi connectivity index (χ0v) is 20.3. The molecule has 3 rings (SSSR count). The Morgan fingerprint density at radius 2 is 1.55 bits per heavy atom. The van der Waals surface area contributed by atoms with Crippen molar-refractivity contribution in [2.24, 2.45) is 0 Å². The van der Waals surface area contributed by atoms with Gasteiger partial charge in [0.2, 0.25) is 5.91 Å². The number of nitrogens with zero attached hydrogens (tertiary/aromatic N) is 1. The van der Waals surface area contributed by atoms with Gasteiger partial charge in [0.1, 0.15) is 11.8 Å². The molecule has 0 aromatic heterocycles. The summed E-state index contributed by atoms with van der Waals surface area (Å²) in [6.45, 7) is 2.73. The normalized spacial score (nSPS) is 11.5. The number of benzene rings is 3. The van der Waals surface area contributed by atoms with E-state index in [4.69, 9.17) is 4.74 Å². The van der Waals surface area contributed by atoms with Gasteiger partial charge >= 0.3 is 0 Å². The number of carbonyl (C=O) groups is 2. The van der Waals surface area contributed by atoms with E-state index in [-0.39, 0.29) is 18.4 Å². The third-order valence-electron chi connectivity index (χ3n) is 5.19. The lowest BCUT2D eigenvalue weighted by atomic mass is 10.0. The fourth-order valence-corrected chi connectivity index (χ4v) is 3.72. The van der Waals surface area contributed by atoms with E-state index < -0.39 is 6.04 Å². The molecule has 1 N–H and O–H groups in total. The molecule has 33 heavy (non-hydrogen) atoms. The van der Waals surface area contributed by atoms with Gasteiger partial charge < -0.3 is 15.0 Å². The Labute approximate surface area is 203 Å². The second-order valence-electron chi connectivity index (χ2n) is 7.75. The zero-order chi connectivity index (χ0) is 23.5. The molecule has 3 aromatic rings. The summed E-state index contributed by atoms with van der Waals surface area (Å²) in [5.74, 6) is 0.213. The average molecular weight is 509 g/mol. The third-order valence-corrected chi connectivity index (χ3v) is 5.72. The molecular weight excluding hydrogens is 480 g/mol. The standard InChI is InChI=1S/C27H29BrN2O3/c1-2-17-29-27(32)25(18-21-9-5-3-6-10-21)30(19-22-13-15-23(28)16-14-22)26(31)20-33-24-11-7-4-8-12-24/h3-16,25H,2,17-20H2,1H3,(H,29,32). The molecule has 0 bridgehead atoms. The Morgan fingerprint density at radius 1 is 0.909 bits per heavy atom. The third kappa shape index (κ3) is 7.75. The Balaban J connectivity index is 1.87. The Morgan fingerprint density at radius 3 is 2.18 bits per heavy atom. The van der Waals surface area contributed by atoms with Crippen LogP contribution >= 0.6 is 15.9 Å². The van der Waals surface area contributed by atoms with Gasteiger partial charge in [-0.3, -0.25) is 9.59 Å². The van der Waals surface area contributed by atoms with Crippen molar-refractivity contribution in [2.45, 2.75) is 32.4 Å².